The lowest BCUT2D eigenvalue weighted by molar-refractivity contribution is 0.221. The number of aryl methyl sites for hydroxylation is 4. The van der Waals surface area contributed by atoms with Crippen molar-refractivity contribution in [2.24, 2.45) is 0 Å². The molecule has 0 saturated carbocycles. The van der Waals surface area contributed by atoms with Crippen molar-refractivity contribution in [2.75, 3.05) is 6.54 Å². The highest BCUT2D eigenvalue weighted by Gasteiger charge is 2.29. The van der Waals surface area contributed by atoms with E-state index in [0.29, 0.717) is 6.04 Å². The van der Waals surface area contributed by atoms with Gasteiger partial charge in [0.2, 0.25) is 0 Å². The van der Waals surface area contributed by atoms with Crippen molar-refractivity contribution in [3.05, 3.63) is 80.8 Å². The third-order valence-corrected chi connectivity index (χ3v) is 6.17. The summed E-state index contributed by atoms with van der Waals surface area (Å²) in [5.41, 5.74) is 7.10. The van der Waals surface area contributed by atoms with Crippen LogP contribution in [0.4, 0.5) is 0 Å². The molecule has 1 aliphatic heterocycles. The first-order valence-electron chi connectivity index (χ1n) is 9.12. The van der Waals surface area contributed by atoms with E-state index >= 15 is 0 Å². The first-order chi connectivity index (χ1) is 12.1. The molecule has 0 radical (unpaired) electrons. The average molecular weight is 351 g/mol. The molecule has 1 unspecified atom stereocenters. The van der Waals surface area contributed by atoms with Crippen LogP contribution in [0.15, 0.2) is 48.0 Å². The predicted molar refractivity (Wildman–Crippen MR) is 106 cm³/mol. The molecule has 2 nitrogen and oxygen atoms in total. The van der Waals surface area contributed by atoms with E-state index in [9.17, 15) is 0 Å². The van der Waals surface area contributed by atoms with Crippen molar-refractivity contribution in [1.82, 2.24) is 9.47 Å². The molecular weight excluding hydrogens is 324 g/mol. The van der Waals surface area contributed by atoms with Crippen LogP contribution in [0.5, 0.6) is 0 Å². The number of fused-ring (bicyclic) bond motifs is 1. The summed E-state index contributed by atoms with van der Waals surface area (Å²) < 4.78 is 2.46. The average Bonchev–Trinajstić information content (AvgIpc) is 3.19. The summed E-state index contributed by atoms with van der Waals surface area (Å²) in [5, 5.41) is 2.19. The molecule has 0 N–H and O–H groups in total. The monoisotopic (exact) mass is 350 g/mol. The Hall–Kier alpha value is -1.84. The van der Waals surface area contributed by atoms with Gasteiger partial charge in [0.1, 0.15) is 0 Å². The summed E-state index contributed by atoms with van der Waals surface area (Å²) in [6.07, 6.45) is 3.45. The second kappa shape index (κ2) is 6.81. The molecule has 25 heavy (non-hydrogen) atoms. The van der Waals surface area contributed by atoms with Gasteiger partial charge in [0.25, 0.3) is 0 Å². The Morgan fingerprint density at radius 1 is 1.04 bits per heavy atom. The van der Waals surface area contributed by atoms with Gasteiger partial charge < -0.3 is 4.57 Å². The Balaban J connectivity index is 1.84. The van der Waals surface area contributed by atoms with E-state index in [4.69, 9.17) is 0 Å². The standard InChI is InChI=1S/C22H26N2S/c1-16-13-17(2)21(18(3)14-16)22-20-8-4-9-23(20)10-6-11-24(22)15-19-7-5-12-25-19/h4-5,7-9,12-14,22H,6,10-11,15H2,1-3H3. The zero-order valence-electron chi connectivity index (χ0n) is 15.3. The third-order valence-electron chi connectivity index (χ3n) is 5.30. The molecule has 3 aromatic rings. The molecule has 2 aromatic heterocycles. The van der Waals surface area contributed by atoms with Crippen LogP contribution in [0.25, 0.3) is 0 Å². The number of rotatable bonds is 3. The van der Waals surface area contributed by atoms with Gasteiger partial charge in [-0.25, -0.2) is 0 Å². The number of hydrogen-bond donors (Lipinski definition) is 0. The van der Waals surface area contributed by atoms with Crippen LogP contribution < -0.4 is 0 Å². The molecule has 0 aliphatic carbocycles. The molecule has 4 rings (SSSR count). The predicted octanol–water partition coefficient (Wildman–Crippen LogP) is 5.47. The quantitative estimate of drug-likeness (QED) is 0.608. The van der Waals surface area contributed by atoms with E-state index in [1.54, 1.807) is 0 Å². The van der Waals surface area contributed by atoms with E-state index in [0.717, 1.165) is 19.6 Å². The highest BCUT2D eigenvalue weighted by Crippen LogP contribution is 2.37. The molecule has 130 valence electrons. The number of nitrogens with zero attached hydrogens (tertiary/aromatic N) is 2. The lowest BCUT2D eigenvalue weighted by atomic mass is 9.91. The third kappa shape index (κ3) is 3.19. The number of benzene rings is 1. The van der Waals surface area contributed by atoms with Gasteiger partial charge in [0.05, 0.1) is 6.04 Å². The number of hydrogen-bond acceptors (Lipinski definition) is 2. The minimum Gasteiger partial charge on any atom is -0.350 e. The maximum absolute atomic E-state index is 2.68. The van der Waals surface area contributed by atoms with E-state index < -0.39 is 0 Å². The van der Waals surface area contributed by atoms with E-state index in [-0.39, 0.29) is 0 Å². The zero-order chi connectivity index (χ0) is 17.4. The highest BCUT2D eigenvalue weighted by molar-refractivity contribution is 7.09. The Labute approximate surface area is 154 Å². The summed E-state index contributed by atoms with van der Waals surface area (Å²) in [7, 11) is 0. The fourth-order valence-electron chi connectivity index (χ4n) is 4.37. The lowest BCUT2D eigenvalue weighted by Crippen LogP contribution is -2.30. The second-order valence-corrected chi connectivity index (χ2v) is 8.28. The van der Waals surface area contributed by atoms with Gasteiger partial charge in [-0.3, -0.25) is 4.90 Å². The summed E-state index contributed by atoms with van der Waals surface area (Å²) in [5.74, 6) is 0. The second-order valence-electron chi connectivity index (χ2n) is 7.24. The van der Waals surface area contributed by atoms with Crippen molar-refractivity contribution in [2.45, 2.75) is 46.3 Å². The van der Waals surface area contributed by atoms with Crippen molar-refractivity contribution in [1.29, 1.82) is 0 Å². The van der Waals surface area contributed by atoms with Gasteiger partial charge in [0, 0.05) is 36.4 Å². The summed E-state index contributed by atoms with van der Waals surface area (Å²) in [6, 6.07) is 14.0. The van der Waals surface area contributed by atoms with Gasteiger partial charge in [-0.05, 0) is 67.5 Å². The topological polar surface area (TPSA) is 8.17 Å². The van der Waals surface area contributed by atoms with Gasteiger partial charge >= 0.3 is 0 Å². The maximum Gasteiger partial charge on any atom is 0.0764 e. The van der Waals surface area contributed by atoms with Gasteiger partial charge in [0.15, 0.2) is 0 Å². The molecule has 1 aliphatic rings. The molecular formula is C22H26N2S. The largest absolute Gasteiger partial charge is 0.350 e. The Morgan fingerprint density at radius 3 is 2.56 bits per heavy atom. The highest BCUT2D eigenvalue weighted by atomic mass is 32.1. The molecule has 0 bridgehead atoms. The Kier molecular flexibility index (Phi) is 4.53. The molecule has 1 aromatic carbocycles. The maximum atomic E-state index is 2.68. The first-order valence-corrected chi connectivity index (χ1v) is 10.0. The SMILES string of the molecule is Cc1cc(C)c(C2c3cccn3CCCN2Cc2cccs2)c(C)c1. The molecule has 3 heteroatoms. The smallest absolute Gasteiger partial charge is 0.0764 e. The van der Waals surface area contributed by atoms with Gasteiger partial charge in [-0.15, -0.1) is 11.3 Å². The van der Waals surface area contributed by atoms with Crippen LogP contribution in [0, 0.1) is 20.8 Å². The van der Waals surface area contributed by atoms with Crippen LogP contribution in [-0.2, 0) is 13.1 Å². The van der Waals surface area contributed by atoms with Crippen LogP contribution in [-0.4, -0.2) is 16.0 Å². The summed E-state index contributed by atoms with van der Waals surface area (Å²) in [6.45, 7) is 10.0. The summed E-state index contributed by atoms with van der Waals surface area (Å²) >= 11 is 1.87. The molecule has 0 spiro atoms. The number of thiophene rings is 1. The molecule has 0 fully saturated rings. The lowest BCUT2D eigenvalue weighted by Gasteiger charge is -2.32. The molecule has 3 heterocycles. The van der Waals surface area contributed by atoms with Crippen LogP contribution in [0.3, 0.4) is 0 Å². The normalized spacial score (nSPS) is 18.1. The Bertz CT molecular complexity index is 837. The van der Waals surface area contributed by atoms with Crippen molar-refractivity contribution in [3.8, 4) is 0 Å². The van der Waals surface area contributed by atoms with E-state index in [1.165, 1.54) is 39.2 Å². The van der Waals surface area contributed by atoms with Gasteiger partial charge in [-0.1, -0.05) is 23.8 Å². The minimum absolute atomic E-state index is 0.334. The van der Waals surface area contributed by atoms with Crippen LogP contribution >= 0.6 is 11.3 Å². The van der Waals surface area contributed by atoms with Crippen molar-refractivity contribution >= 4 is 11.3 Å². The number of aromatic nitrogens is 1. The van der Waals surface area contributed by atoms with Crippen molar-refractivity contribution in [3.63, 3.8) is 0 Å². The van der Waals surface area contributed by atoms with Crippen LogP contribution in [0.1, 0.15) is 45.3 Å². The first kappa shape index (κ1) is 16.6. The minimum atomic E-state index is 0.334. The van der Waals surface area contributed by atoms with E-state index in [1.807, 2.05) is 11.3 Å². The molecule has 1 atom stereocenters. The van der Waals surface area contributed by atoms with Gasteiger partial charge in [-0.2, -0.15) is 0 Å². The summed E-state index contributed by atoms with van der Waals surface area (Å²) in [4.78, 5) is 4.13. The Morgan fingerprint density at radius 2 is 1.84 bits per heavy atom. The zero-order valence-corrected chi connectivity index (χ0v) is 16.1. The fraction of sp³-hybridized carbons (Fsp3) is 0.364. The fourth-order valence-corrected chi connectivity index (χ4v) is 5.09. The van der Waals surface area contributed by atoms with Crippen LogP contribution in [0.2, 0.25) is 0 Å². The molecule has 0 saturated heterocycles. The molecule has 0 amide bonds. The van der Waals surface area contributed by atoms with E-state index in [2.05, 4.69) is 78.2 Å². The van der Waals surface area contributed by atoms with Crippen molar-refractivity contribution < 1.29 is 0 Å².